The number of unbranched alkanes of at least 4 members (excludes halogenated alkanes) is 6. The first kappa shape index (κ1) is 16.3. The van der Waals surface area contributed by atoms with E-state index in [1.165, 1.54) is 56.9 Å². The molecule has 0 radical (unpaired) electrons. The molecule has 1 rings (SSSR count). The van der Waals surface area contributed by atoms with Gasteiger partial charge in [0.1, 0.15) is 0 Å². The molecule has 0 heterocycles. The summed E-state index contributed by atoms with van der Waals surface area (Å²) in [6.07, 6.45) is 11.3. The Labute approximate surface area is 120 Å². The van der Waals surface area contributed by atoms with Crippen molar-refractivity contribution in [2.24, 2.45) is 5.92 Å². The topological polar surface area (TPSA) is 0 Å². The first-order valence-corrected chi connectivity index (χ1v) is 8.30. The summed E-state index contributed by atoms with van der Waals surface area (Å²) < 4.78 is 0. The van der Waals surface area contributed by atoms with Gasteiger partial charge in [0.15, 0.2) is 0 Å². The fraction of sp³-hybridized carbons (Fsp3) is 0.684. The first-order valence-electron chi connectivity index (χ1n) is 8.30. The van der Waals surface area contributed by atoms with E-state index >= 15 is 0 Å². The molecule has 0 amide bonds. The summed E-state index contributed by atoms with van der Waals surface area (Å²) in [6, 6.07) is 11.0. The van der Waals surface area contributed by atoms with Crippen molar-refractivity contribution in [1.82, 2.24) is 0 Å². The Kier molecular flexibility index (Phi) is 8.62. The van der Waals surface area contributed by atoms with Crippen LogP contribution in [0.5, 0.6) is 0 Å². The van der Waals surface area contributed by atoms with Gasteiger partial charge in [0, 0.05) is 0 Å². The van der Waals surface area contributed by atoms with Crippen molar-refractivity contribution < 1.29 is 0 Å². The van der Waals surface area contributed by atoms with Gasteiger partial charge >= 0.3 is 0 Å². The zero-order valence-electron chi connectivity index (χ0n) is 13.2. The van der Waals surface area contributed by atoms with Crippen LogP contribution in [0.25, 0.3) is 0 Å². The van der Waals surface area contributed by atoms with Crippen LogP contribution < -0.4 is 0 Å². The Bertz CT molecular complexity index is 301. The number of rotatable bonds is 10. The van der Waals surface area contributed by atoms with Crippen LogP contribution in [0.15, 0.2) is 30.3 Å². The fourth-order valence-electron chi connectivity index (χ4n) is 2.76. The lowest BCUT2D eigenvalue weighted by atomic mass is 9.85. The highest BCUT2D eigenvalue weighted by Gasteiger charge is 2.13. The van der Waals surface area contributed by atoms with Crippen LogP contribution in [0.4, 0.5) is 0 Å². The lowest BCUT2D eigenvalue weighted by Gasteiger charge is -2.20. The van der Waals surface area contributed by atoms with Gasteiger partial charge in [0.2, 0.25) is 0 Å². The second kappa shape index (κ2) is 10.1. The number of benzene rings is 1. The third-order valence-electron chi connectivity index (χ3n) is 4.44. The Morgan fingerprint density at radius 2 is 1.37 bits per heavy atom. The second-order valence-corrected chi connectivity index (χ2v) is 6.09. The summed E-state index contributed by atoms with van der Waals surface area (Å²) in [7, 11) is 0. The summed E-state index contributed by atoms with van der Waals surface area (Å²) in [5.41, 5.74) is 1.50. The summed E-state index contributed by atoms with van der Waals surface area (Å²) >= 11 is 0. The SMILES string of the molecule is CCCCCCCCCC(C)C(C)c1ccccc1. The second-order valence-electron chi connectivity index (χ2n) is 6.09. The van der Waals surface area contributed by atoms with Crippen molar-refractivity contribution in [2.75, 3.05) is 0 Å². The number of hydrogen-bond acceptors (Lipinski definition) is 0. The van der Waals surface area contributed by atoms with E-state index in [4.69, 9.17) is 0 Å². The maximum absolute atomic E-state index is 2.41. The van der Waals surface area contributed by atoms with Crippen molar-refractivity contribution in [1.29, 1.82) is 0 Å². The Balaban J connectivity index is 2.12. The molecule has 2 atom stereocenters. The van der Waals surface area contributed by atoms with Crippen LogP contribution >= 0.6 is 0 Å². The fourth-order valence-corrected chi connectivity index (χ4v) is 2.76. The maximum Gasteiger partial charge on any atom is -0.0165 e. The highest BCUT2D eigenvalue weighted by molar-refractivity contribution is 5.19. The quantitative estimate of drug-likeness (QED) is 0.417. The molecule has 0 aliphatic heterocycles. The molecular weight excluding hydrogens is 228 g/mol. The van der Waals surface area contributed by atoms with Crippen LogP contribution in [-0.4, -0.2) is 0 Å². The molecular formula is C19H32. The molecule has 0 aliphatic rings. The molecule has 0 saturated carbocycles. The van der Waals surface area contributed by atoms with Gasteiger partial charge in [0.05, 0.1) is 0 Å². The maximum atomic E-state index is 2.41. The molecule has 0 bridgehead atoms. The minimum absolute atomic E-state index is 0.696. The molecule has 2 unspecified atom stereocenters. The van der Waals surface area contributed by atoms with Gasteiger partial charge < -0.3 is 0 Å². The summed E-state index contributed by atoms with van der Waals surface area (Å²) in [5, 5.41) is 0. The van der Waals surface area contributed by atoms with Crippen molar-refractivity contribution in [3.63, 3.8) is 0 Å². The lowest BCUT2D eigenvalue weighted by Crippen LogP contribution is -2.06. The van der Waals surface area contributed by atoms with E-state index in [2.05, 4.69) is 51.1 Å². The van der Waals surface area contributed by atoms with E-state index in [1.807, 2.05) is 0 Å². The average molecular weight is 260 g/mol. The molecule has 0 aliphatic carbocycles. The zero-order valence-corrected chi connectivity index (χ0v) is 13.2. The summed E-state index contributed by atoms with van der Waals surface area (Å²) in [4.78, 5) is 0. The molecule has 19 heavy (non-hydrogen) atoms. The monoisotopic (exact) mass is 260 g/mol. The van der Waals surface area contributed by atoms with Crippen molar-refractivity contribution in [3.8, 4) is 0 Å². The molecule has 0 spiro atoms. The standard InChI is InChI=1S/C19H32/c1-4-5-6-7-8-9-11-14-17(2)18(3)19-15-12-10-13-16-19/h10,12-13,15-18H,4-9,11,14H2,1-3H3. The van der Waals surface area contributed by atoms with E-state index in [0.29, 0.717) is 5.92 Å². The van der Waals surface area contributed by atoms with Gasteiger partial charge in [-0.1, -0.05) is 102 Å². The van der Waals surface area contributed by atoms with Crippen molar-refractivity contribution >= 4 is 0 Å². The Hall–Kier alpha value is -0.780. The Morgan fingerprint density at radius 1 is 0.789 bits per heavy atom. The largest absolute Gasteiger partial charge is 0.0654 e. The predicted molar refractivity (Wildman–Crippen MR) is 86.6 cm³/mol. The number of hydrogen-bond donors (Lipinski definition) is 0. The van der Waals surface area contributed by atoms with E-state index < -0.39 is 0 Å². The Morgan fingerprint density at radius 3 is 2.00 bits per heavy atom. The van der Waals surface area contributed by atoms with E-state index in [0.717, 1.165) is 5.92 Å². The zero-order chi connectivity index (χ0) is 13.9. The van der Waals surface area contributed by atoms with Gasteiger partial charge in [0.25, 0.3) is 0 Å². The third-order valence-corrected chi connectivity index (χ3v) is 4.44. The van der Waals surface area contributed by atoms with Gasteiger partial charge in [-0.15, -0.1) is 0 Å². The van der Waals surface area contributed by atoms with Crippen LogP contribution in [0.1, 0.15) is 83.6 Å². The highest BCUT2D eigenvalue weighted by Crippen LogP contribution is 2.27. The highest BCUT2D eigenvalue weighted by atomic mass is 14.2. The van der Waals surface area contributed by atoms with E-state index in [1.54, 1.807) is 0 Å². The normalized spacial score (nSPS) is 14.3. The van der Waals surface area contributed by atoms with Gasteiger partial charge in [-0.2, -0.15) is 0 Å². The van der Waals surface area contributed by atoms with Crippen LogP contribution in [0, 0.1) is 5.92 Å². The smallest absolute Gasteiger partial charge is 0.0165 e. The molecule has 0 N–H and O–H groups in total. The molecule has 1 aromatic rings. The first-order chi connectivity index (χ1) is 9.25. The predicted octanol–water partition coefficient (Wildman–Crippen LogP) is 6.57. The third kappa shape index (κ3) is 6.80. The van der Waals surface area contributed by atoms with Crippen LogP contribution in [0.3, 0.4) is 0 Å². The molecule has 0 fully saturated rings. The molecule has 0 heteroatoms. The molecule has 0 aromatic heterocycles. The molecule has 0 saturated heterocycles. The molecule has 1 aromatic carbocycles. The molecule has 0 nitrogen and oxygen atoms in total. The lowest BCUT2D eigenvalue weighted by molar-refractivity contribution is 0.425. The van der Waals surface area contributed by atoms with E-state index in [-0.39, 0.29) is 0 Å². The molecule has 108 valence electrons. The summed E-state index contributed by atoms with van der Waals surface area (Å²) in [6.45, 7) is 7.07. The van der Waals surface area contributed by atoms with Crippen molar-refractivity contribution in [3.05, 3.63) is 35.9 Å². The van der Waals surface area contributed by atoms with Crippen LogP contribution in [0.2, 0.25) is 0 Å². The summed E-state index contributed by atoms with van der Waals surface area (Å²) in [5.74, 6) is 1.50. The van der Waals surface area contributed by atoms with Crippen LogP contribution in [-0.2, 0) is 0 Å². The minimum atomic E-state index is 0.696. The van der Waals surface area contributed by atoms with Crippen molar-refractivity contribution in [2.45, 2.75) is 78.1 Å². The van der Waals surface area contributed by atoms with Gasteiger partial charge in [-0.25, -0.2) is 0 Å². The average Bonchev–Trinajstić information content (AvgIpc) is 2.46. The van der Waals surface area contributed by atoms with E-state index in [9.17, 15) is 0 Å². The minimum Gasteiger partial charge on any atom is -0.0654 e. The van der Waals surface area contributed by atoms with Gasteiger partial charge in [-0.3, -0.25) is 0 Å². The van der Waals surface area contributed by atoms with Gasteiger partial charge in [-0.05, 0) is 17.4 Å².